The average Bonchev–Trinajstić information content (AvgIpc) is 3.39. The van der Waals surface area contributed by atoms with Gasteiger partial charge < -0.3 is 18.9 Å². The molecule has 2 heterocycles. The predicted molar refractivity (Wildman–Crippen MR) is 163 cm³/mol. The molecule has 1 saturated heterocycles. The fourth-order valence-electron chi connectivity index (χ4n) is 4.87. The molecule has 10 heteroatoms. The van der Waals surface area contributed by atoms with Crippen molar-refractivity contribution < 1.29 is 33.3 Å². The Labute approximate surface area is 253 Å². The SMILES string of the molecule is CSc1ccc(-c2ccc(Cc3cc(C4OC(OC(C)=O)C(OC(C)=O)C(OC(C)=O)C4SC)ccc3C)s2)cc1. The highest BCUT2D eigenvalue weighted by Crippen LogP contribution is 2.42. The number of aryl methyl sites for hydroxylation is 1. The van der Waals surface area contributed by atoms with Crippen LogP contribution in [0.15, 0.2) is 59.5 Å². The van der Waals surface area contributed by atoms with Crippen LogP contribution in [0.1, 0.15) is 48.4 Å². The van der Waals surface area contributed by atoms with Gasteiger partial charge in [-0.05, 0) is 66.0 Å². The van der Waals surface area contributed by atoms with Gasteiger partial charge in [-0.15, -0.1) is 23.1 Å². The van der Waals surface area contributed by atoms with Crippen molar-refractivity contribution in [2.45, 2.75) is 68.9 Å². The molecule has 5 unspecified atom stereocenters. The van der Waals surface area contributed by atoms with Crippen molar-refractivity contribution >= 4 is 52.8 Å². The number of hydrogen-bond acceptors (Lipinski definition) is 10. The maximum Gasteiger partial charge on any atom is 0.305 e. The third-order valence-electron chi connectivity index (χ3n) is 6.76. The molecular formula is C31H34O7S3. The molecule has 1 aliphatic rings. The second kappa shape index (κ2) is 13.9. The van der Waals surface area contributed by atoms with Gasteiger partial charge in [-0.2, -0.15) is 11.8 Å². The zero-order valence-corrected chi connectivity index (χ0v) is 26.3. The van der Waals surface area contributed by atoms with Crippen molar-refractivity contribution in [3.05, 3.63) is 76.2 Å². The van der Waals surface area contributed by atoms with E-state index in [0.29, 0.717) is 0 Å². The van der Waals surface area contributed by atoms with Crippen LogP contribution in [0.2, 0.25) is 0 Å². The lowest BCUT2D eigenvalue weighted by molar-refractivity contribution is -0.266. The summed E-state index contributed by atoms with van der Waals surface area (Å²) in [6, 6.07) is 19.0. The summed E-state index contributed by atoms with van der Waals surface area (Å²) in [4.78, 5) is 39.7. The van der Waals surface area contributed by atoms with E-state index in [2.05, 4.69) is 55.6 Å². The van der Waals surface area contributed by atoms with Gasteiger partial charge in [0, 0.05) is 41.8 Å². The minimum absolute atomic E-state index is 0.428. The largest absolute Gasteiger partial charge is 0.457 e. The van der Waals surface area contributed by atoms with E-state index < -0.39 is 47.8 Å². The molecular weight excluding hydrogens is 581 g/mol. The van der Waals surface area contributed by atoms with Crippen molar-refractivity contribution in [1.82, 2.24) is 0 Å². The summed E-state index contributed by atoms with van der Waals surface area (Å²) in [5.74, 6) is -1.73. The molecule has 2 aromatic carbocycles. The zero-order valence-electron chi connectivity index (χ0n) is 23.9. The number of thiophene rings is 1. The molecule has 0 saturated carbocycles. The first-order chi connectivity index (χ1) is 19.6. The summed E-state index contributed by atoms with van der Waals surface area (Å²) in [6.07, 6.45) is 0.850. The van der Waals surface area contributed by atoms with Crippen molar-refractivity contribution in [3.63, 3.8) is 0 Å². The molecule has 0 N–H and O–H groups in total. The van der Waals surface area contributed by atoms with Crippen LogP contribution in [0.4, 0.5) is 0 Å². The summed E-state index contributed by atoms with van der Waals surface area (Å²) in [5.41, 5.74) is 4.31. The summed E-state index contributed by atoms with van der Waals surface area (Å²) >= 11 is 4.92. The second-order valence-electron chi connectivity index (χ2n) is 9.74. The molecule has 4 rings (SSSR count). The number of carbonyl (C=O) groups excluding carboxylic acids is 3. The lowest BCUT2D eigenvalue weighted by Crippen LogP contribution is -2.57. The van der Waals surface area contributed by atoms with Crippen LogP contribution in [0.3, 0.4) is 0 Å². The number of carbonyl (C=O) groups is 3. The molecule has 5 atom stereocenters. The topological polar surface area (TPSA) is 88.1 Å². The van der Waals surface area contributed by atoms with Crippen LogP contribution in [0.25, 0.3) is 10.4 Å². The molecule has 0 amide bonds. The lowest BCUT2D eigenvalue weighted by atomic mass is 9.92. The van der Waals surface area contributed by atoms with Gasteiger partial charge in [-0.3, -0.25) is 14.4 Å². The first-order valence-electron chi connectivity index (χ1n) is 13.1. The Hall–Kier alpha value is -2.79. The first-order valence-corrected chi connectivity index (χ1v) is 16.4. The van der Waals surface area contributed by atoms with Crippen LogP contribution >= 0.6 is 34.9 Å². The Kier molecular flexibility index (Phi) is 10.6. The number of hydrogen-bond donors (Lipinski definition) is 0. The van der Waals surface area contributed by atoms with Crippen molar-refractivity contribution in [3.8, 4) is 10.4 Å². The highest BCUT2D eigenvalue weighted by atomic mass is 32.2. The van der Waals surface area contributed by atoms with Crippen LogP contribution < -0.4 is 0 Å². The number of esters is 3. The minimum atomic E-state index is -1.24. The van der Waals surface area contributed by atoms with E-state index in [9.17, 15) is 14.4 Å². The standard InChI is InChI=1S/C31H34O7S3/c1-17-7-8-22(15-23(17)16-25-13-14-26(41-25)21-9-11-24(39-5)12-10-21)27-30(40-6)28(35-18(2)32)29(36-19(3)33)31(38-27)37-20(4)34/h7-15,27-31H,16H2,1-6H3. The Bertz CT molecular complexity index is 1380. The molecule has 1 aliphatic heterocycles. The first kappa shape index (κ1) is 31.2. The fourth-order valence-corrected chi connectivity index (χ4v) is 7.26. The summed E-state index contributed by atoms with van der Waals surface area (Å²) in [6.45, 7) is 5.87. The van der Waals surface area contributed by atoms with Crippen molar-refractivity contribution in [1.29, 1.82) is 0 Å². The van der Waals surface area contributed by atoms with E-state index in [1.807, 2.05) is 18.4 Å². The zero-order chi connectivity index (χ0) is 29.7. The normalized spacial score (nSPS) is 22.1. The van der Waals surface area contributed by atoms with Gasteiger partial charge in [-0.1, -0.05) is 30.3 Å². The highest BCUT2D eigenvalue weighted by molar-refractivity contribution is 7.99. The predicted octanol–water partition coefficient (Wildman–Crippen LogP) is 6.59. The molecule has 0 spiro atoms. The molecule has 218 valence electrons. The van der Waals surface area contributed by atoms with Gasteiger partial charge in [0.15, 0.2) is 6.10 Å². The van der Waals surface area contributed by atoms with E-state index in [4.69, 9.17) is 18.9 Å². The molecule has 3 aromatic rings. The third kappa shape index (κ3) is 7.74. The quantitative estimate of drug-likeness (QED) is 0.150. The van der Waals surface area contributed by atoms with Gasteiger partial charge in [0.1, 0.15) is 6.10 Å². The Morgan fingerprint density at radius 1 is 0.854 bits per heavy atom. The van der Waals surface area contributed by atoms with Gasteiger partial charge in [0.25, 0.3) is 0 Å². The molecule has 0 aliphatic carbocycles. The Morgan fingerprint density at radius 3 is 2.12 bits per heavy atom. The van der Waals surface area contributed by atoms with Crippen LogP contribution in [0, 0.1) is 6.92 Å². The molecule has 41 heavy (non-hydrogen) atoms. The Balaban J connectivity index is 1.64. The van der Waals surface area contributed by atoms with Gasteiger partial charge in [0.05, 0.1) is 5.25 Å². The van der Waals surface area contributed by atoms with Crippen LogP contribution in [-0.4, -0.2) is 54.2 Å². The van der Waals surface area contributed by atoms with Crippen molar-refractivity contribution in [2.75, 3.05) is 12.5 Å². The number of thioether (sulfide) groups is 2. The summed E-state index contributed by atoms with van der Waals surface area (Å²) in [7, 11) is 0. The van der Waals surface area contributed by atoms with Crippen molar-refractivity contribution in [2.24, 2.45) is 0 Å². The molecule has 0 radical (unpaired) electrons. The summed E-state index contributed by atoms with van der Waals surface area (Å²) < 4.78 is 22.9. The maximum atomic E-state index is 12.1. The smallest absolute Gasteiger partial charge is 0.305 e. The number of benzene rings is 2. The van der Waals surface area contributed by atoms with E-state index in [1.54, 1.807) is 23.1 Å². The molecule has 7 nitrogen and oxygen atoms in total. The minimum Gasteiger partial charge on any atom is -0.457 e. The third-order valence-corrected chi connectivity index (χ3v) is 9.69. The summed E-state index contributed by atoms with van der Waals surface area (Å²) in [5, 5.41) is -0.428. The molecule has 1 fully saturated rings. The highest BCUT2D eigenvalue weighted by Gasteiger charge is 2.51. The Morgan fingerprint density at radius 2 is 1.51 bits per heavy atom. The lowest BCUT2D eigenvalue weighted by Gasteiger charge is -2.44. The van der Waals surface area contributed by atoms with E-state index in [1.165, 1.54) is 52.7 Å². The average molecular weight is 615 g/mol. The van der Waals surface area contributed by atoms with Crippen LogP contribution in [-0.2, 0) is 39.8 Å². The number of ether oxygens (including phenoxy) is 4. The van der Waals surface area contributed by atoms with Gasteiger partial charge in [0.2, 0.25) is 12.4 Å². The van der Waals surface area contributed by atoms with E-state index in [-0.39, 0.29) is 0 Å². The van der Waals surface area contributed by atoms with Crippen LogP contribution in [0.5, 0.6) is 0 Å². The fraction of sp³-hybridized carbons (Fsp3) is 0.387. The van der Waals surface area contributed by atoms with Gasteiger partial charge in [-0.25, -0.2) is 0 Å². The monoisotopic (exact) mass is 614 g/mol. The van der Waals surface area contributed by atoms with E-state index in [0.717, 1.165) is 23.1 Å². The number of rotatable bonds is 9. The second-order valence-corrected chi connectivity index (χ2v) is 12.8. The maximum absolute atomic E-state index is 12.1. The van der Waals surface area contributed by atoms with Gasteiger partial charge >= 0.3 is 17.9 Å². The molecule has 0 bridgehead atoms. The molecule has 1 aromatic heterocycles. The van der Waals surface area contributed by atoms with E-state index >= 15 is 0 Å².